The van der Waals surface area contributed by atoms with Crippen LogP contribution in [0, 0.1) is 17.0 Å². The number of nitrogens with one attached hydrogen (secondary N) is 1. The molecule has 98 valence electrons. The molecule has 3 nitrogen and oxygen atoms in total. The first kappa shape index (κ1) is 13.0. The number of carbonyl (C=O) groups excluding carboxylic acids is 1. The van der Waals surface area contributed by atoms with Gasteiger partial charge in [0.05, 0.1) is 12.0 Å². The molecule has 0 aromatic heterocycles. The number of aliphatic hydroxyl groups is 1. The largest absolute Gasteiger partial charge is 0.395 e. The van der Waals surface area contributed by atoms with E-state index >= 15 is 0 Å². The lowest BCUT2D eigenvalue weighted by Crippen LogP contribution is -2.35. The van der Waals surface area contributed by atoms with Crippen molar-refractivity contribution in [3.05, 3.63) is 35.4 Å². The van der Waals surface area contributed by atoms with Crippen molar-refractivity contribution in [2.75, 3.05) is 13.2 Å². The normalized spacial score (nSPS) is 16.4. The van der Waals surface area contributed by atoms with Gasteiger partial charge in [-0.05, 0) is 43.0 Å². The number of carbonyl (C=O) groups is 1. The van der Waals surface area contributed by atoms with E-state index in [9.17, 15) is 13.6 Å². The summed E-state index contributed by atoms with van der Waals surface area (Å²) < 4.78 is 26.2. The quantitative estimate of drug-likeness (QED) is 0.835. The SMILES string of the molecule is O=C(NCCc1cc(F)ccc1F)C1(CO)CC1. The number of hydrogen-bond donors (Lipinski definition) is 2. The van der Waals surface area contributed by atoms with E-state index in [1.54, 1.807) is 0 Å². The number of rotatable bonds is 5. The van der Waals surface area contributed by atoms with Crippen LogP contribution < -0.4 is 5.32 Å². The average molecular weight is 255 g/mol. The molecular weight excluding hydrogens is 240 g/mol. The molecule has 1 fully saturated rings. The summed E-state index contributed by atoms with van der Waals surface area (Å²) in [7, 11) is 0. The second-order valence-electron chi connectivity index (χ2n) is 4.68. The molecule has 1 aromatic rings. The molecule has 0 saturated heterocycles. The van der Waals surface area contributed by atoms with Gasteiger partial charge < -0.3 is 10.4 Å². The van der Waals surface area contributed by atoms with E-state index in [1.807, 2.05) is 0 Å². The molecular formula is C13H15F2NO2. The third kappa shape index (κ3) is 2.67. The van der Waals surface area contributed by atoms with Gasteiger partial charge in [-0.1, -0.05) is 0 Å². The first-order valence-corrected chi connectivity index (χ1v) is 5.90. The molecule has 0 unspecified atom stereocenters. The molecule has 1 aliphatic carbocycles. The summed E-state index contributed by atoms with van der Waals surface area (Å²) in [5.74, 6) is -1.18. The number of aliphatic hydroxyl groups excluding tert-OH is 1. The minimum absolute atomic E-state index is 0.160. The molecule has 0 heterocycles. The number of benzene rings is 1. The molecule has 0 aliphatic heterocycles. The maximum absolute atomic E-state index is 13.3. The fourth-order valence-electron chi connectivity index (χ4n) is 1.84. The highest BCUT2D eigenvalue weighted by atomic mass is 19.1. The molecule has 1 saturated carbocycles. The van der Waals surface area contributed by atoms with E-state index in [0.29, 0.717) is 12.8 Å². The summed E-state index contributed by atoms with van der Waals surface area (Å²) in [5.41, 5.74) is -0.385. The van der Waals surface area contributed by atoms with Crippen molar-refractivity contribution < 1.29 is 18.7 Å². The van der Waals surface area contributed by atoms with Gasteiger partial charge in [0.2, 0.25) is 5.91 Å². The summed E-state index contributed by atoms with van der Waals surface area (Å²) in [6.45, 7) is 0.0775. The maximum Gasteiger partial charge on any atom is 0.228 e. The van der Waals surface area contributed by atoms with Crippen LogP contribution in [0.5, 0.6) is 0 Å². The first-order valence-electron chi connectivity index (χ1n) is 5.90. The first-order chi connectivity index (χ1) is 8.57. The Morgan fingerprint density at radius 1 is 1.39 bits per heavy atom. The van der Waals surface area contributed by atoms with Gasteiger partial charge in [0.1, 0.15) is 11.6 Å². The molecule has 0 atom stereocenters. The molecule has 0 spiro atoms. The van der Waals surface area contributed by atoms with Gasteiger partial charge in [-0.3, -0.25) is 4.79 Å². The van der Waals surface area contributed by atoms with Gasteiger partial charge >= 0.3 is 0 Å². The second kappa shape index (κ2) is 5.02. The van der Waals surface area contributed by atoms with Gasteiger partial charge in [-0.15, -0.1) is 0 Å². The van der Waals surface area contributed by atoms with E-state index in [-0.39, 0.29) is 31.0 Å². The molecule has 18 heavy (non-hydrogen) atoms. The highest BCUT2D eigenvalue weighted by Crippen LogP contribution is 2.45. The summed E-state index contributed by atoms with van der Waals surface area (Å²) in [5, 5.41) is 11.7. The molecule has 2 N–H and O–H groups in total. The predicted molar refractivity (Wildman–Crippen MR) is 61.8 cm³/mol. The highest BCUT2D eigenvalue weighted by molar-refractivity contribution is 5.85. The Labute approximate surface area is 104 Å². The minimum atomic E-state index is -0.625. The lowest BCUT2D eigenvalue weighted by atomic mass is 10.1. The number of amides is 1. The van der Waals surface area contributed by atoms with Crippen LogP contribution in [-0.4, -0.2) is 24.2 Å². The van der Waals surface area contributed by atoms with Crippen LogP contribution in [-0.2, 0) is 11.2 Å². The third-order valence-electron chi connectivity index (χ3n) is 3.33. The molecule has 2 rings (SSSR count). The van der Waals surface area contributed by atoms with Crippen molar-refractivity contribution in [2.24, 2.45) is 5.41 Å². The highest BCUT2D eigenvalue weighted by Gasteiger charge is 2.49. The lowest BCUT2D eigenvalue weighted by Gasteiger charge is -2.12. The summed E-state index contributed by atoms with van der Waals surface area (Å²) in [4.78, 5) is 11.7. The lowest BCUT2D eigenvalue weighted by molar-refractivity contribution is -0.127. The fourth-order valence-corrected chi connectivity index (χ4v) is 1.84. The Morgan fingerprint density at radius 3 is 2.72 bits per heavy atom. The number of hydrogen-bond acceptors (Lipinski definition) is 2. The molecule has 1 aromatic carbocycles. The minimum Gasteiger partial charge on any atom is -0.395 e. The predicted octanol–water partition coefficient (Wildman–Crippen LogP) is 1.40. The van der Waals surface area contributed by atoms with Crippen LogP contribution in [0.25, 0.3) is 0 Å². The molecule has 5 heteroatoms. The van der Waals surface area contributed by atoms with E-state index in [1.165, 1.54) is 0 Å². The molecule has 0 radical (unpaired) electrons. The topological polar surface area (TPSA) is 49.3 Å². The van der Waals surface area contributed by atoms with Crippen molar-refractivity contribution in [2.45, 2.75) is 19.3 Å². The van der Waals surface area contributed by atoms with Gasteiger partial charge in [0.15, 0.2) is 0 Å². The fraction of sp³-hybridized carbons (Fsp3) is 0.462. The van der Waals surface area contributed by atoms with Crippen LogP contribution >= 0.6 is 0 Å². The smallest absolute Gasteiger partial charge is 0.228 e. The van der Waals surface area contributed by atoms with E-state index < -0.39 is 17.0 Å². The Morgan fingerprint density at radius 2 is 2.11 bits per heavy atom. The van der Waals surface area contributed by atoms with Gasteiger partial charge in [-0.2, -0.15) is 0 Å². The zero-order chi connectivity index (χ0) is 13.2. The van der Waals surface area contributed by atoms with E-state index in [0.717, 1.165) is 18.2 Å². The van der Waals surface area contributed by atoms with Crippen molar-refractivity contribution in [3.63, 3.8) is 0 Å². The van der Waals surface area contributed by atoms with Crippen LogP contribution in [0.3, 0.4) is 0 Å². The Kier molecular flexibility index (Phi) is 3.61. The Hall–Kier alpha value is -1.49. The Balaban J connectivity index is 1.85. The summed E-state index contributed by atoms with van der Waals surface area (Å²) in [6, 6.07) is 3.26. The zero-order valence-corrected chi connectivity index (χ0v) is 9.88. The monoisotopic (exact) mass is 255 g/mol. The second-order valence-corrected chi connectivity index (χ2v) is 4.68. The third-order valence-corrected chi connectivity index (χ3v) is 3.33. The van der Waals surface area contributed by atoms with Gasteiger partial charge in [0.25, 0.3) is 0 Å². The van der Waals surface area contributed by atoms with Crippen LogP contribution in [0.4, 0.5) is 8.78 Å². The van der Waals surface area contributed by atoms with Crippen LogP contribution in [0.2, 0.25) is 0 Å². The number of halogens is 2. The van der Waals surface area contributed by atoms with Crippen molar-refractivity contribution in [1.29, 1.82) is 0 Å². The standard InChI is InChI=1S/C13H15F2NO2/c14-10-1-2-11(15)9(7-10)3-6-16-12(18)13(8-17)4-5-13/h1-2,7,17H,3-6,8H2,(H,16,18). The van der Waals surface area contributed by atoms with Crippen LogP contribution in [0.15, 0.2) is 18.2 Å². The van der Waals surface area contributed by atoms with Gasteiger partial charge in [0, 0.05) is 6.54 Å². The molecule has 0 bridgehead atoms. The van der Waals surface area contributed by atoms with Crippen LogP contribution in [0.1, 0.15) is 18.4 Å². The molecule has 1 aliphatic rings. The Bertz CT molecular complexity index is 458. The van der Waals surface area contributed by atoms with E-state index in [4.69, 9.17) is 5.11 Å². The van der Waals surface area contributed by atoms with Crippen molar-refractivity contribution >= 4 is 5.91 Å². The van der Waals surface area contributed by atoms with Crippen molar-refractivity contribution in [3.8, 4) is 0 Å². The van der Waals surface area contributed by atoms with Gasteiger partial charge in [-0.25, -0.2) is 8.78 Å². The molecule has 1 amide bonds. The summed E-state index contributed by atoms with van der Waals surface area (Å²) in [6.07, 6.45) is 1.60. The zero-order valence-electron chi connectivity index (χ0n) is 9.88. The van der Waals surface area contributed by atoms with E-state index in [2.05, 4.69) is 5.32 Å². The summed E-state index contributed by atoms with van der Waals surface area (Å²) >= 11 is 0. The average Bonchev–Trinajstić information content (AvgIpc) is 3.14. The maximum atomic E-state index is 13.3. The van der Waals surface area contributed by atoms with Crippen molar-refractivity contribution in [1.82, 2.24) is 5.32 Å².